The van der Waals surface area contributed by atoms with Crippen molar-refractivity contribution in [3.05, 3.63) is 0 Å². The average Bonchev–Trinajstić information content (AvgIpc) is 2.13. The maximum atomic E-state index is 10.6. The summed E-state index contributed by atoms with van der Waals surface area (Å²) >= 11 is 0. The summed E-state index contributed by atoms with van der Waals surface area (Å²) in [5, 5.41) is 8.73. The molecule has 2 atom stereocenters. The number of hydrogen-bond donors (Lipinski definition) is 1. The molecule has 0 heterocycles. The third-order valence-electron chi connectivity index (χ3n) is 2.92. The van der Waals surface area contributed by atoms with Crippen molar-refractivity contribution in [3.8, 4) is 0 Å². The SMILES string of the molecule is CCCC(CCC(C)CC)CC(=O)O. The standard InChI is InChI=1S/C12H24O2/c1-4-6-11(9-12(13)14)8-7-10(3)5-2/h10-11H,4-9H2,1-3H3,(H,13,14). The Morgan fingerprint density at radius 2 is 1.86 bits per heavy atom. The maximum Gasteiger partial charge on any atom is 0.303 e. The van der Waals surface area contributed by atoms with Crippen LogP contribution >= 0.6 is 0 Å². The predicted octanol–water partition coefficient (Wildman–Crippen LogP) is 3.70. The van der Waals surface area contributed by atoms with Crippen LogP contribution in [0, 0.1) is 11.8 Å². The summed E-state index contributed by atoms with van der Waals surface area (Å²) in [5.41, 5.74) is 0. The lowest BCUT2D eigenvalue weighted by Crippen LogP contribution is -2.09. The highest BCUT2D eigenvalue weighted by Gasteiger charge is 2.13. The molecule has 0 aromatic heterocycles. The van der Waals surface area contributed by atoms with Crippen molar-refractivity contribution in [3.63, 3.8) is 0 Å². The van der Waals surface area contributed by atoms with Gasteiger partial charge in [-0.2, -0.15) is 0 Å². The highest BCUT2D eigenvalue weighted by Crippen LogP contribution is 2.21. The van der Waals surface area contributed by atoms with Gasteiger partial charge in [-0.3, -0.25) is 4.79 Å². The van der Waals surface area contributed by atoms with Gasteiger partial charge >= 0.3 is 5.97 Å². The third kappa shape index (κ3) is 6.93. The van der Waals surface area contributed by atoms with Gasteiger partial charge in [-0.25, -0.2) is 0 Å². The van der Waals surface area contributed by atoms with E-state index < -0.39 is 5.97 Å². The minimum Gasteiger partial charge on any atom is -0.481 e. The largest absolute Gasteiger partial charge is 0.481 e. The number of hydrogen-bond acceptors (Lipinski definition) is 1. The van der Waals surface area contributed by atoms with E-state index in [0.717, 1.165) is 25.2 Å². The minimum atomic E-state index is -0.646. The van der Waals surface area contributed by atoms with Gasteiger partial charge < -0.3 is 5.11 Å². The molecule has 1 N–H and O–H groups in total. The molecular weight excluding hydrogens is 176 g/mol. The summed E-state index contributed by atoms with van der Waals surface area (Å²) < 4.78 is 0. The molecule has 0 aliphatic carbocycles. The molecule has 0 aromatic carbocycles. The van der Waals surface area contributed by atoms with E-state index in [9.17, 15) is 4.79 Å². The van der Waals surface area contributed by atoms with E-state index in [1.54, 1.807) is 0 Å². The number of carboxylic acid groups (broad SMARTS) is 1. The van der Waals surface area contributed by atoms with Crippen molar-refractivity contribution in [1.29, 1.82) is 0 Å². The summed E-state index contributed by atoms with van der Waals surface area (Å²) in [6, 6.07) is 0. The second kappa shape index (κ2) is 7.84. The zero-order valence-corrected chi connectivity index (χ0v) is 9.75. The first-order chi connectivity index (χ1) is 6.60. The van der Waals surface area contributed by atoms with Crippen LogP contribution in [0.5, 0.6) is 0 Å². The van der Waals surface area contributed by atoms with Crippen LogP contribution in [0.25, 0.3) is 0 Å². The van der Waals surface area contributed by atoms with E-state index in [-0.39, 0.29) is 0 Å². The summed E-state index contributed by atoms with van der Waals surface area (Å²) in [6.07, 6.45) is 5.96. The number of carboxylic acids is 1. The molecule has 0 aliphatic heterocycles. The molecule has 0 aromatic rings. The topological polar surface area (TPSA) is 37.3 Å². The highest BCUT2D eigenvalue weighted by atomic mass is 16.4. The molecule has 0 saturated carbocycles. The summed E-state index contributed by atoms with van der Waals surface area (Å²) in [7, 11) is 0. The smallest absolute Gasteiger partial charge is 0.303 e. The van der Waals surface area contributed by atoms with E-state index in [4.69, 9.17) is 5.11 Å². The van der Waals surface area contributed by atoms with Gasteiger partial charge in [-0.1, -0.05) is 46.5 Å². The Kier molecular flexibility index (Phi) is 7.54. The average molecular weight is 200 g/mol. The number of rotatable bonds is 8. The van der Waals surface area contributed by atoms with Crippen molar-refractivity contribution in [2.24, 2.45) is 11.8 Å². The molecule has 0 aliphatic rings. The highest BCUT2D eigenvalue weighted by molar-refractivity contribution is 5.66. The summed E-state index contributed by atoms with van der Waals surface area (Å²) in [5.74, 6) is 0.488. The molecule has 2 unspecified atom stereocenters. The van der Waals surface area contributed by atoms with Gasteiger partial charge in [-0.15, -0.1) is 0 Å². The van der Waals surface area contributed by atoms with Crippen molar-refractivity contribution >= 4 is 5.97 Å². The van der Waals surface area contributed by atoms with Gasteiger partial charge in [-0.05, 0) is 18.3 Å². The molecule has 0 rings (SSSR count). The molecule has 2 heteroatoms. The van der Waals surface area contributed by atoms with Gasteiger partial charge in [0.1, 0.15) is 0 Å². The van der Waals surface area contributed by atoms with Crippen LogP contribution in [0.1, 0.15) is 59.3 Å². The van der Waals surface area contributed by atoms with Crippen LogP contribution in [0.2, 0.25) is 0 Å². The Morgan fingerprint density at radius 1 is 1.21 bits per heavy atom. The van der Waals surface area contributed by atoms with Crippen LogP contribution in [-0.2, 0) is 4.79 Å². The van der Waals surface area contributed by atoms with E-state index in [2.05, 4.69) is 20.8 Å². The Balaban J connectivity index is 3.77. The molecule has 14 heavy (non-hydrogen) atoms. The quantitative estimate of drug-likeness (QED) is 0.648. The predicted molar refractivity (Wildman–Crippen MR) is 59.3 cm³/mol. The normalized spacial score (nSPS) is 15.1. The Morgan fingerprint density at radius 3 is 2.29 bits per heavy atom. The van der Waals surface area contributed by atoms with Crippen molar-refractivity contribution in [2.75, 3.05) is 0 Å². The second-order valence-electron chi connectivity index (χ2n) is 4.34. The van der Waals surface area contributed by atoms with Crippen LogP contribution in [-0.4, -0.2) is 11.1 Å². The monoisotopic (exact) mass is 200 g/mol. The van der Waals surface area contributed by atoms with E-state index in [1.165, 1.54) is 12.8 Å². The van der Waals surface area contributed by atoms with Crippen LogP contribution in [0.3, 0.4) is 0 Å². The van der Waals surface area contributed by atoms with Crippen LogP contribution < -0.4 is 0 Å². The molecule has 84 valence electrons. The van der Waals surface area contributed by atoms with E-state index in [1.807, 2.05) is 0 Å². The number of aliphatic carboxylic acids is 1. The maximum absolute atomic E-state index is 10.6. The van der Waals surface area contributed by atoms with Gasteiger partial charge in [0.05, 0.1) is 0 Å². The lowest BCUT2D eigenvalue weighted by molar-refractivity contribution is -0.138. The second-order valence-corrected chi connectivity index (χ2v) is 4.34. The third-order valence-corrected chi connectivity index (χ3v) is 2.92. The molecule has 2 nitrogen and oxygen atoms in total. The molecule has 0 bridgehead atoms. The fraction of sp³-hybridized carbons (Fsp3) is 0.917. The molecule has 0 radical (unpaired) electrons. The fourth-order valence-corrected chi connectivity index (χ4v) is 1.73. The summed E-state index contributed by atoms with van der Waals surface area (Å²) in [6.45, 7) is 6.55. The minimum absolute atomic E-state index is 0.351. The fourth-order valence-electron chi connectivity index (χ4n) is 1.73. The van der Waals surface area contributed by atoms with Gasteiger partial charge in [0, 0.05) is 6.42 Å². The van der Waals surface area contributed by atoms with Crippen molar-refractivity contribution in [1.82, 2.24) is 0 Å². The summed E-state index contributed by atoms with van der Waals surface area (Å²) in [4.78, 5) is 10.6. The lowest BCUT2D eigenvalue weighted by Gasteiger charge is -2.16. The van der Waals surface area contributed by atoms with Gasteiger partial charge in [0.25, 0.3) is 0 Å². The molecular formula is C12H24O2. The molecule has 0 saturated heterocycles. The van der Waals surface area contributed by atoms with Gasteiger partial charge in [0.2, 0.25) is 0 Å². The Labute approximate surface area is 87.7 Å². The van der Waals surface area contributed by atoms with Crippen molar-refractivity contribution < 1.29 is 9.90 Å². The molecule has 0 spiro atoms. The molecule has 0 amide bonds. The van der Waals surface area contributed by atoms with E-state index in [0.29, 0.717) is 12.3 Å². The van der Waals surface area contributed by atoms with Crippen LogP contribution in [0.15, 0.2) is 0 Å². The molecule has 0 fully saturated rings. The first-order valence-corrected chi connectivity index (χ1v) is 5.81. The number of carbonyl (C=O) groups is 1. The lowest BCUT2D eigenvalue weighted by atomic mass is 9.90. The zero-order chi connectivity index (χ0) is 11.0. The van der Waals surface area contributed by atoms with E-state index >= 15 is 0 Å². The van der Waals surface area contributed by atoms with Crippen molar-refractivity contribution in [2.45, 2.75) is 59.3 Å². The Bertz CT molecular complexity index is 154. The first kappa shape index (κ1) is 13.5. The Hall–Kier alpha value is -0.530. The van der Waals surface area contributed by atoms with Crippen LogP contribution in [0.4, 0.5) is 0 Å². The zero-order valence-electron chi connectivity index (χ0n) is 9.75. The first-order valence-electron chi connectivity index (χ1n) is 5.81. The van der Waals surface area contributed by atoms with Gasteiger partial charge in [0.15, 0.2) is 0 Å².